The van der Waals surface area contributed by atoms with Crippen molar-refractivity contribution in [3.8, 4) is 5.75 Å². The minimum atomic E-state index is -0.897. The fourth-order valence-corrected chi connectivity index (χ4v) is 2.31. The van der Waals surface area contributed by atoms with Crippen LogP contribution in [0.25, 0.3) is 0 Å². The Hall–Kier alpha value is -1.77. The van der Waals surface area contributed by atoms with Gasteiger partial charge in [0, 0.05) is 5.57 Å². The summed E-state index contributed by atoms with van der Waals surface area (Å²) in [6.07, 6.45) is 2.26. The van der Waals surface area contributed by atoms with Gasteiger partial charge in [-0.2, -0.15) is 0 Å². The number of hydrogen-bond acceptors (Lipinski definition) is 2. The van der Waals surface area contributed by atoms with Crippen molar-refractivity contribution in [3.63, 3.8) is 0 Å². The summed E-state index contributed by atoms with van der Waals surface area (Å²) in [6.45, 7) is 14.0. The molecule has 2 N–H and O–H groups in total. The topological polar surface area (TPSA) is 57.5 Å². The molecule has 0 saturated heterocycles. The summed E-state index contributed by atoms with van der Waals surface area (Å²) in [7, 11) is 0. The van der Waals surface area contributed by atoms with E-state index >= 15 is 0 Å². The van der Waals surface area contributed by atoms with Crippen molar-refractivity contribution in [2.75, 3.05) is 0 Å². The third-order valence-corrected chi connectivity index (χ3v) is 3.77. The third-order valence-electron chi connectivity index (χ3n) is 3.77. The Labute approximate surface area is 133 Å². The summed E-state index contributed by atoms with van der Waals surface area (Å²) < 4.78 is 0. The van der Waals surface area contributed by atoms with Crippen LogP contribution in [-0.4, -0.2) is 16.2 Å². The average molecular weight is 304 g/mol. The van der Waals surface area contributed by atoms with Crippen molar-refractivity contribution in [2.24, 2.45) is 0 Å². The van der Waals surface area contributed by atoms with Crippen LogP contribution in [-0.2, 0) is 22.0 Å². The van der Waals surface area contributed by atoms with E-state index in [2.05, 4.69) is 41.5 Å². The zero-order valence-corrected chi connectivity index (χ0v) is 14.7. The van der Waals surface area contributed by atoms with Gasteiger partial charge in [-0.15, -0.1) is 0 Å². The molecular weight excluding hydrogens is 276 g/mol. The molecule has 0 saturated carbocycles. The molecule has 1 aromatic rings. The van der Waals surface area contributed by atoms with E-state index in [1.165, 1.54) is 0 Å². The van der Waals surface area contributed by atoms with Gasteiger partial charge < -0.3 is 10.2 Å². The molecule has 0 radical (unpaired) electrons. The lowest BCUT2D eigenvalue weighted by Gasteiger charge is -2.28. The first-order chi connectivity index (χ1) is 9.84. The van der Waals surface area contributed by atoms with Gasteiger partial charge in [0.05, 0.1) is 0 Å². The maximum absolute atomic E-state index is 10.9. The second kappa shape index (κ2) is 6.15. The maximum atomic E-state index is 10.9. The molecule has 0 unspecified atom stereocenters. The maximum Gasteiger partial charge on any atom is 0.330 e. The summed E-state index contributed by atoms with van der Waals surface area (Å²) in [5.74, 6) is -0.548. The minimum Gasteiger partial charge on any atom is -0.507 e. The Morgan fingerprint density at radius 2 is 1.45 bits per heavy atom. The zero-order chi connectivity index (χ0) is 17.3. The number of aromatic hydroxyl groups is 1. The highest BCUT2D eigenvalue weighted by Crippen LogP contribution is 2.39. The summed E-state index contributed by atoms with van der Waals surface area (Å²) >= 11 is 0. The van der Waals surface area contributed by atoms with Crippen LogP contribution >= 0.6 is 0 Å². The number of benzene rings is 1. The number of carbonyl (C=O) groups is 1. The number of hydrogen-bond donors (Lipinski definition) is 2. The number of phenolic OH excluding ortho intramolecular Hbond substituents is 1. The molecule has 0 spiro atoms. The molecular formula is C19H28O3. The first-order valence-corrected chi connectivity index (χ1v) is 7.61. The minimum absolute atomic E-state index is 0.175. The van der Waals surface area contributed by atoms with Gasteiger partial charge in [0.25, 0.3) is 0 Å². The van der Waals surface area contributed by atoms with Gasteiger partial charge in [0.1, 0.15) is 5.75 Å². The van der Waals surface area contributed by atoms with E-state index in [0.717, 1.165) is 16.7 Å². The van der Waals surface area contributed by atoms with E-state index in [1.807, 2.05) is 12.1 Å². The van der Waals surface area contributed by atoms with E-state index in [0.29, 0.717) is 17.7 Å². The van der Waals surface area contributed by atoms with E-state index in [4.69, 9.17) is 5.11 Å². The molecule has 3 nitrogen and oxygen atoms in total. The number of rotatable bonds is 3. The van der Waals surface area contributed by atoms with Crippen molar-refractivity contribution >= 4 is 5.97 Å². The second-order valence-corrected chi connectivity index (χ2v) is 7.94. The largest absolute Gasteiger partial charge is 0.507 e. The number of aliphatic carboxylic acids is 1. The Morgan fingerprint density at radius 1 is 1.05 bits per heavy atom. The van der Waals surface area contributed by atoms with Crippen LogP contribution in [0, 0.1) is 0 Å². The van der Waals surface area contributed by atoms with Crippen molar-refractivity contribution < 1.29 is 15.0 Å². The fraction of sp³-hybridized carbons (Fsp3) is 0.526. The highest BCUT2D eigenvalue weighted by molar-refractivity contribution is 5.85. The Bertz CT molecular complexity index is 561. The van der Waals surface area contributed by atoms with Gasteiger partial charge in [0.2, 0.25) is 0 Å². The molecule has 0 amide bonds. The van der Waals surface area contributed by atoms with Crippen molar-refractivity contribution in [1.29, 1.82) is 0 Å². The van der Waals surface area contributed by atoms with Crippen LogP contribution in [0.1, 0.15) is 65.2 Å². The Morgan fingerprint density at radius 3 is 1.77 bits per heavy atom. The van der Waals surface area contributed by atoms with Crippen LogP contribution in [0.15, 0.2) is 23.8 Å². The average Bonchev–Trinajstić information content (AvgIpc) is 2.33. The molecule has 0 aliphatic heterocycles. The summed E-state index contributed by atoms with van der Waals surface area (Å²) in [5.41, 5.74) is 2.81. The Balaban J connectivity index is 3.42. The highest BCUT2D eigenvalue weighted by atomic mass is 16.4. The van der Waals surface area contributed by atoms with Crippen molar-refractivity contribution in [2.45, 2.75) is 65.7 Å². The molecule has 0 aliphatic rings. The standard InChI is InChI=1S/C19H28O3/c1-12(17(21)22)8-9-13-10-14(18(2,3)4)16(20)15(11-13)19(5,6)7/h8,10-11,20H,9H2,1-7H3,(H,21,22). The summed E-state index contributed by atoms with van der Waals surface area (Å²) in [4.78, 5) is 10.9. The van der Waals surface area contributed by atoms with Crippen LogP contribution in [0.4, 0.5) is 0 Å². The first-order valence-electron chi connectivity index (χ1n) is 7.61. The summed E-state index contributed by atoms with van der Waals surface area (Å²) in [5, 5.41) is 19.6. The number of phenols is 1. The van der Waals surface area contributed by atoms with Gasteiger partial charge >= 0.3 is 5.97 Å². The molecule has 0 atom stereocenters. The van der Waals surface area contributed by atoms with E-state index in [1.54, 1.807) is 13.0 Å². The van der Waals surface area contributed by atoms with E-state index in [9.17, 15) is 9.90 Å². The molecule has 122 valence electrons. The van der Waals surface area contributed by atoms with E-state index in [-0.39, 0.29) is 10.8 Å². The molecule has 0 aliphatic carbocycles. The van der Waals surface area contributed by atoms with Crippen LogP contribution in [0.5, 0.6) is 5.75 Å². The molecule has 0 bridgehead atoms. The van der Waals surface area contributed by atoms with Gasteiger partial charge in [0.15, 0.2) is 0 Å². The monoisotopic (exact) mass is 304 g/mol. The normalized spacial score (nSPS) is 13.3. The SMILES string of the molecule is CC(=CCc1cc(C(C)(C)C)c(O)c(C(C)(C)C)c1)C(=O)O. The Kier molecular flexibility index (Phi) is 5.11. The molecule has 1 rings (SSSR count). The molecule has 22 heavy (non-hydrogen) atoms. The van der Waals surface area contributed by atoms with Crippen molar-refractivity contribution in [1.82, 2.24) is 0 Å². The van der Waals surface area contributed by atoms with Gasteiger partial charge in [-0.3, -0.25) is 0 Å². The molecule has 0 fully saturated rings. The van der Waals surface area contributed by atoms with Crippen LogP contribution < -0.4 is 0 Å². The van der Waals surface area contributed by atoms with Crippen LogP contribution in [0.3, 0.4) is 0 Å². The fourth-order valence-electron chi connectivity index (χ4n) is 2.31. The highest BCUT2D eigenvalue weighted by Gasteiger charge is 2.26. The quantitative estimate of drug-likeness (QED) is 0.805. The number of carboxylic acid groups (broad SMARTS) is 1. The van der Waals surface area contributed by atoms with Gasteiger partial charge in [-0.25, -0.2) is 4.79 Å². The lowest BCUT2D eigenvalue weighted by Crippen LogP contribution is -2.17. The lowest BCUT2D eigenvalue weighted by atomic mass is 9.78. The molecule has 1 aromatic carbocycles. The molecule has 0 aromatic heterocycles. The van der Waals surface area contributed by atoms with Crippen LogP contribution in [0.2, 0.25) is 0 Å². The third kappa shape index (κ3) is 4.36. The molecule has 3 heteroatoms. The predicted octanol–water partition coefficient (Wildman–Crippen LogP) is 4.56. The van der Waals surface area contributed by atoms with Crippen molar-refractivity contribution in [3.05, 3.63) is 40.5 Å². The number of allylic oxidation sites excluding steroid dienone is 1. The lowest BCUT2D eigenvalue weighted by molar-refractivity contribution is -0.132. The number of carboxylic acids is 1. The molecule has 0 heterocycles. The first kappa shape index (κ1) is 18.3. The van der Waals surface area contributed by atoms with E-state index < -0.39 is 5.97 Å². The predicted molar refractivity (Wildman–Crippen MR) is 90.6 cm³/mol. The zero-order valence-electron chi connectivity index (χ0n) is 14.7. The van der Waals surface area contributed by atoms with Gasteiger partial charge in [-0.05, 0) is 40.9 Å². The second-order valence-electron chi connectivity index (χ2n) is 7.94. The summed E-state index contributed by atoms with van der Waals surface area (Å²) in [6, 6.07) is 3.96. The van der Waals surface area contributed by atoms with Gasteiger partial charge in [-0.1, -0.05) is 59.8 Å². The smallest absolute Gasteiger partial charge is 0.330 e.